The molecule has 0 aliphatic carbocycles. The molecule has 2 aromatic carbocycles. The normalized spacial score (nSPS) is 14.3. The fourth-order valence-corrected chi connectivity index (χ4v) is 4.85. The Labute approximate surface area is 208 Å². The molecular weight excluding hydrogens is 464 g/mol. The highest BCUT2D eigenvalue weighted by molar-refractivity contribution is 7.18. The fraction of sp³-hybridized carbons (Fsp3) is 0.308. The molecule has 1 saturated heterocycles. The van der Waals surface area contributed by atoms with Gasteiger partial charge in [-0.25, -0.2) is 9.78 Å². The van der Waals surface area contributed by atoms with Gasteiger partial charge in [0.2, 0.25) is 5.91 Å². The predicted octanol–water partition coefficient (Wildman–Crippen LogP) is 3.82. The number of thiazole rings is 1. The number of nitrogens with one attached hydrogen (secondary N) is 2. The van der Waals surface area contributed by atoms with E-state index in [-0.39, 0.29) is 31.0 Å². The van der Waals surface area contributed by atoms with Gasteiger partial charge in [-0.15, -0.1) is 0 Å². The molecule has 8 nitrogen and oxygen atoms in total. The number of likely N-dealkylation sites (tertiary alicyclic amines) is 1. The molecule has 0 unspecified atom stereocenters. The molecule has 2 heterocycles. The van der Waals surface area contributed by atoms with Crippen LogP contribution in [0, 0.1) is 0 Å². The van der Waals surface area contributed by atoms with Gasteiger partial charge in [-0.2, -0.15) is 0 Å². The van der Waals surface area contributed by atoms with E-state index < -0.39 is 5.97 Å². The number of anilines is 1. The van der Waals surface area contributed by atoms with Gasteiger partial charge in [0.1, 0.15) is 4.88 Å². The molecular formula is C26H28N4O4S. The van der Waals surface area contributed by atoms with Gasteiger partial charge in [-0.05, 0) is 31.9 Å². The smallest absolute Gasteiger partial charge is 0.350 e. The summed E-state index contributed by atoms with van der Waals surface area (Å²) in [6, 6.07) is 18.6. The number of nitrogens with zero attached hydrogens (tertiary/aromatic N) is 2. The highest BCUT2D eigenvalue weighted by Crippen LogP contribution is 2.31. The molecule has 0 radical (unpaired) electrons. The molecule has 4 rings (SSSR count). The molecule has 3 aromatic rings. The van der Waals surface area contributed by atoms with Crippen molar-refractivity contribution < 1.29 is 19.1 Å². The van der Waals surface area contributed by atoms with E-state index in [2.05, 4.69) is 20.5 Å². The minimum atomic E-state index is -0.455. The second kappa shape index (κ2) is 11.7. The van der Waals surface area contributed by atoms with Gasteiger partial charge in [0.05, 0.1) is 18.8 Å². The van der Waals surface area contributed by atoms with E-state index in [4.69, 9.17) is 4.74 Å². The molecule has 2 N–H and O–H groups in total. The number of ether oxygens (including phenoxy) is 1. The summed E-state index contributed by atoms with van der Waals surface area (Å²) in [7, 11) is 0. The molecule has 2 amide bonds. The number of hydrogen-bond donors (Lipinski definition) is 2. The van der Waals surface area contributed by atoms with Crippen molar-refractivity contribution in [1.82, 2.24) is 15.2 Å². The summed E-state index contributed by atoms with van der Waals surface area (Å²) in [6.07, 6.45) is 1.54. The average Bonchev–Trinajstić information content (AvgIpc) is 3.30. The maximum Gasteiger partial charge on any atom is 0.350 e. The molecule has 1 aliphatic rings. The minimum absolute atomic E-state index is 0.0720. The highest BCUT2D eigenvalue weighted by Gasteiger charge is 2.24. The molecule has 0 saturated carbocycles. The largest absolute Gasteiger partial charge is 0.462 e. The van der Waals surface area contributed by atoms with Crippen molar-refractivity contribution in [3.63, 3.8) is 0 Å². The molecule has 0 spiro atoms. The number of amides is 2. The SMILES string of the molecule is CCOC(=O)c1sc(NC(=O)CN2CCC(NC(=O)c3ccccc3)CC2)nc1-c1ccccc1. The number of esters is 1. The number of rotatable bonds is 8. The van der Waals surface area contributed by atoms with E-state index >= 15 is 0 Å². The van der Waals surface area contributed by atoms with E-state index in [1.165, 1.54) is 0 Å². The summed E-state index contributed by atoms with van der Waals surface area (Å²) in [4.78, 5) is 44.5. The van der Waals surface area contributed by atoms with Crippen LogP contribution in [0.25, 0.3) is 11.3 Å². The third-order valence-corrected chi connectivity index (χ3v) is 6.66. The summed E-state index contributed by atoms with van der Waals surface area (Å²) < 4.78 is 5.18. The zero-order valence-electron chi connectivity index (χ0n) is 19.5. The van der Waals surface area contributed by atoms with Gasteiger partial charge in [-0.3, -0.25) is 14.5 Å². The number of hydrogen-bond acceptors (Lipinski definition) is 7. The lowest BCUT2D eigenvalue weighted by atomic mass is 10.0. The average molecular weight is 493 g/mol. The van der Waals surface area contributed by atoms with E-state index in [0.29, 0.717) is 34.4 Å². The van der Waals surface area contributed by atoms with Crippen molar-refractivity contribution in [2.45, 2.75) is 25.8 Å². The summed E-state index contributed by atoms with van der Waals surface area (Å²) in [5.41, 5.74) is 1.93. The van der Waals surface area contributed by atoms with Crippen LogP contribution < -0.4 is 10.6 Å². The maximum atomic E-state index is 12.7. The summed E-state index contributed by atoms with van der Waals surface area (Å²) in [5.74, 6) is -0.721. The third kappa shape index (κ3) is 6.52. The van der Waals surface area contributed by atoms with Crippen molar-refractivity contribution in [2.75, 3.05) is 31.6 Å². The molecule has 182 valence electrons. The van der Waals surface area contributed by atoms with Crippen LogP contribution in [0.15, 0.2) is 60.7 Å². The first-order chi connectivity index (χ1) is 17.0. The van der Waals surface area contributed by atoms with Gasteiger partial charge in [-0.1, -0.05) is 59.9 Å². The molecule has 0 bridgehead atoms. The lowest BCUT2D eigenvalue weighted by Gasteiger charge is -2.31. The second-order valence-corrected chi connectivity index (χ2v) is 9.22. The molecule has 35 heavy (non-hydrogen) atoms. The predicted molar refractivity (Wildman–Crippen MR) is 136 cm³/mol. The summed E-state index contributed by atoms with van der Waals surface area (Å²) >= 11 is 1.11. The Morgan fingerprint density at radius 1 is 1.03 bits per heavy atom. The Morgan fingerprint density at radius 3 is 2.34 bits per heavy atom. The Morgan fingerprint density at radius 2 is 1.69 bits per heavy atom. The van der Waals surface area contributed by atoms with Gasteiger partial charge in [0.15, 0.2) is 5.13 Å². The Kier molecular flexibility index (Phi) is 8.23. The van der Waals surface area contributed by atoms with Crippen LogP contribution >= 0.6 is 11.3 Å². The molecule has 1 fully saturated rings. The van der Waals surface area contributed by atoms with Crippen LogP contribution in [-0.4, -0.2) is 60.0 Å². The molecule has 0 atom stereocenters. The zero-order valence-corrected chi connectivity index (χ0v) is 20.3. The highest BCUT2D eigenvalue weighted by atomic mass is 32.1. The number of benzene rings is 2. The number of carbonyl (C=O) groups excluding carboxylic acids is 3. The standard InChI is InChI=1S/C26H28N4O4S/c1-2-34-25(33)23-22(18-9-5-3-6-10-18)29-26(35-23)28-21(31)17-30-15-13-20(14-16-30)27-24(32)19-11-7-4-8-12-19/h3-12,20H,2,13-17H2,1H3,(H,27,32)(H,28,29,31). The first-order valence-electron chi connectivity index (χ1n) is 11.6. The Balaban J connectivity index is 1.32. The van der Waals surface area contributed by atoms with Crippen molar-refractivity contribution >= 4 is 34.3 Å². The van der Waals surface area contributed by atoms with Crippen molar-refractivity contribution in [1.29, 1.82) is 0 Å². The van der Waals surface area contributed by atoms with Crippen LogP contribution in [0.5, 0.6) is 0 Å². The lowest BCUT2D eigenvalue weighted by Crippen LogP contribution is -2.46. The van der Waals surface area contributed by atoms with E-state index in [9.17, 15) is 14.4 Å². The Bertz CT molecular complexity index is 1160. The van der Waals surface area contributed by atoms with Gasteiger partial charge < -0.3 is 15.4 Å². The van der Waals surface area contributed by atoms with Crippen LogP contribution in [0.1, 0.15) is 39.8 Å². The molecule has 9 heteroatoms. The van der Waals surface area contributed by atoms with Crippen LogP contribution in [0.2, 0.25) is 0 Å². The van der Waals surface area contributed by atoms with Crippen LogP contribution in [-0.2, 0) is 9.53 Å². The number of carbonyl (C=O) groups is 3. The fourth-order valence-electron chi connectivity index (χ4n) is 3.96. The van der Waals surface area contributed by atoms with Crippen molar-refractivity contribution in [3.8, 4) is 11.3 Å². The summed E-state index contributed by atoms with van der Waals surface area (Å²) in [6.45, 7) is 3.63. The van der Waals surface area contributed by atoms with Gasteiger partial charge >= 0.3 is 5.97 Å². The van der Waals surface area contributed by atoms with Crippen LogP contribution in [0.3, 0.4) is 0 Å². The number of piperidine rings is 1. The monoisotopic (exact) mass is 492 g/mol. The van der Waals surface area contributed by atoms with Gasteiger partial charge in [0, 0.05) is 30.3 Å². The van der Waals surface area contributed by atoms with Crippen molar-refractivity contribution in [3.05, 3.63) is 71.1 Å². The first kappa shape index (κ1) is 24.6. The Hall–Kier alpha value is -3.56. The topological polar surface area (TPSA) is 101 Å². The minimum Gasteiger partial charge on any atom is -0.462 e. The van der Waals surface area contributed by atoms with Gasteiger partial charge in [0.25, 0.3) is 5.91 Å². The number of aromatic nitrogens is 1. The summed E-state index contributed by atoms with van der Waals surface area (Å²) in [5, 5.41) is 6.27. The second-order valence-electron chi connectivity index (χ2n) is 8.22. The third-order valence-electron chi connectivity index (χ3n) is 5.71. The zero-order chi connectivity index (χ0) is 24.6. The van der Waals surface area contributed by atoms with E-state index in [1.807, 2.05) is 48.5 Å². The molecule has 1 aliphatic heterocycles. The van der Waals surface area contributed by atoms with Crippen molar-refractivity contribution in [2.24, 2.45) is 0 Å². The molecule has 1 aromatic heterocycles. The van der Waals surface area contributed by atoms with E-state index in [1.54, 1.807) is 19.1 Å². The van der Waals surface area contributed by atoms with Crippen LogP contribution in [0.4, 0.5) is 5.13 Å². The first-order valence-corrected chi connectivity index (χ1v) is 12.5. The quantitative estimate of drug-likeness (QED) is 0.464. The van der Waals surface area contributed by atoms with E-state index in [0.717, 1.165) is 29.7 Å². The maximum absolute atomic E-state index is 12.7. The lowest BCUT2D eigenvalue weighted by molar-refractivity contribution is -0.117.